The van der Waals surface area contributed by atoms with E-state index in [0.29, 0.717) is 36.8 Å². The van der Waals surface area contributed by atoms with Gasteiger partial charge in [0.2, 0.25) is 11.8 Å². The van der Waals surface area contributed by atoms with Gasteiger partial charge in [-0.1, -0.05) is 24.3 Å². The van der Waals surface area contributed by atoms with Crippen molar-refractivity contribution < 1.29 is 35.0 Å². The number of piperidine rings is 2. The van der Waals surface area contributed by atoms with Crippen LogP contribution in [0.2, 0.25) is 0 Å². The van der Waals surface area contributed by atoms with Gasteiger partial charge < -0.3 is 11.5 Å². The summed E-state index contributed by atoms with van der Waals surface area (Å²) in [5.41, 5.74) is 12.0. The average Bonchev–Trinajstić information content (AvgIpc) is 2.89. The molecule has 0 radical (unpaired) electrons. The van der Waals surface area contributed by atoms with E-state index in [9.17, 15) is 26.4 Å². The molecular formula is C24H30N4O8S2. The van der Waals surface area contributed by atoms with Crippen LogP contribution in [0.3, 0.4) is 0 Å². The van der Waals surface area contributed by atoms with Crippen LogP contribution in [0.25, 0.3) is 11.1 Å². The predicted molar refractivity (Wildman–Crippen MR) is 135 cm³/mol. The lowest BCUT2D eigenvalue weighted by Crippen LogP contribution is -2.39. The predicted octanol–water partition coefficient (Wildman–Crippen LogP) is 0.989. The van der Waals surface area contributed by atoms with Crippen LogP contribution in [0.1, 0.15) is 25.7 Å². The minimum Gasteiger partial charge on any atom is -0.369 e. The molecule has 2 aromatic rings. The van der Waals surface area contributed by atoms with Crippen molar-refractivity contribution in [1.82, 2.24) is 10.1 Å². The quantitative estimate of drug-likeness (QED) is 0.444. The summed E-state index contributed by atoms with van der Waals surface area (Å²) in [6.07, 6.45) is 1.70. The average molecular weight is 567 g/mol. The largest absolute Gasteiger partial charge is 0.369 e. The van der Waals surface area contributed by atoms with Crippen LogP contribution in [0.4, 0.5) is 0 Å². The molecule has 0 bridgehead atoms. The zero-order chi connectivity index (χ0) is 27.5. The van der Waals surface area contributed by atoms with Crippen molar-refractivity contribution in [3.63, 3.8) is 0 Å². The fourth-order valence-electron chi connectivity index (χ4n) is 4.42. The van der Waals surface area contributed by atoms with E-state index in [1.165, 1.54) is 34.4 Å². The monoisotopic (exact) mass is 566 g/mol. The summed E-state index contributed by atoms with van der Waals surface area (Å²) in [5.74, 6) is -1.37. The highest BCUT2D eigenvalue weighted by Gasteiger charge is 2.29. The molecule has 2 aromatic carbocycles. The van der Waals surface area contributed by atoms with Crippen molar-refractivity contribution in [3.8, 4) is 11.1 Å². The number of hydroxylamine groups is 4. The second-order valence-electron chi connectivity index (χ2n) is 9.32. The lowest BCUT2D eigenvalue weighted by atomic mass is 9.98. The number of primary amides is 2. The second kappa shape index (κ2) is 11.5. The molecule has 0 atom stereocenters. The molecular weight excluding hydrogens is 536 g/mol. The minimum absolute atomic E-state index is 0.0361. The van der Waals surface area contributed by atoms with E-state index in [2.05, 4.69) is 0 Å². The Hall–Kier alpha value is -2.88. The molecule has 4 N–H and O–H groups in total. The van der Waals surface area contributed by atoms with Crippen molar-refractivity contribution >= 4 is 32.1 Å². The SMILES string of the molecule is NC(=O)C1CCN(OS(=O)(=O)c2ccc(-c3ccc(S(=O)(=O)ON4CCC(C(N)=O)CC4)cc3)cc2)CC1. The van der Waals surface area contributed by atoms with Crippen LogP contribution in [-0.4, -0.2) is 65.0 Å². The first-order valence-electron chi connectivity index (χ1n) is 12.1. The number of nitrogens with zero attached hydrogens (tertiary/aromatic N) is 2. The van der Waals surface area contributed by atoms with Gasteiger partial charge in [0.15, 0.2) is 0 Å². The number of rotatable bonds is 9. The molecule has 14 heteroatoms. The summed E-state index contributed by atoms with van der Waals surface area (Å²) in [7, 11) is -8.12. The Bertz CT molecular complexity index is 1260. The summed E-state index contributed by atoms with van der Waals surface area (Å²) in [6.45, 7) is 1.09. The van der Waals surface area contributed by atoms with Crippen molar-refractivity contribution in [1.29, 1.82) is 0 Å². The van der Waals surface area contributed by atoms with Crippen LogP contribution in [-0.2, 0) is 38.4 Å². The van der Waals surface area contributed by atoms with Crippen molar-refractivity contribution in [3.05, 3.63) is 48.5 Å². The molecule has 0 aromatic heterocycles. The molecule has 2 fully saturated rings. The van der Waals surface area contributed by atoms with Crippen LogP contribution in [0, 0.1) is 11.8 Å². The normalized spacial score (nSPS) is 18.8. The smallest absolute Gasteiger partial charge is 0.313 e. The number of nitrogens with two attached hydrogens (primary N) is 2. The zero-order valence-electron chi connectivity index (χ0n) is 20.6. The Labute approximate surface area is 221 Å². The Balaban J connectivity index is 1.36. The number of hydrogen-bond donors (Lipinski definition) is 2. The van der Waals surface area contributed by atoms with Crippen LogP contribution in [0.5, 0.6) is 0 Å². The Morgan fingerprint density at radius 1 is 0.605 bits per heavy atom. The molecule has 2 aliphatic heterocycles. The molecule has 4 rings (SSSR count). The summed E-state index contributed by atoms with van der Waals surface area (Å²) in [6, 6.07) is 12.0. The van der Waals surface area contributed by atoms with Gasteiger partial charge in [-0.15, -0.1) is 0 Å². The van der Waals surface area contributed by atoms with Gasteiger partial charge in [0.1, 0.15) is 0 Å². The molecule has 2 amide bonds. The fraction of sp³-hybridized carbons (Fsp3) is 0.417. The lowest BCUT2D eigenvalue weighted by Gasteiger charge is -2.28. The topological polar surface area (TPSA) is 179 Å². The zero-order valence-corrected chi connectivity index (χ0v) is 22.2. The van der Waals surface area contributed by atoms with Crippen molar-refractivity contribution in [2.24, 2.45) is 23.3 Å². The molecule has 0 saturated carbocycles. The van der Waals surface area contributed by atoms with E-state index < -0.39 is 32.1 Å². The first-order chi connectivity index (χ1) is 17.9. The summed E-state index contributed by atoms with van der Waals surface area (Å²) in [5, 5.41) is 2.62. The van der Waals surface area contributed by atoms with Gasteiger partial charge in [0, 0.05) is 38.0 Å². The van der Waals surface area contributed by atoms with Gasteiger partial charge in [-0.2, -0.15) is 35.5 Å². The minimum atomic E-state index is -4.06. The first-order valence-corrected chi connectivity index (χ1v) is 14.9. The molecule has 0 spiro atoms. The maximum Gasteiger partial charge on any atom is 0.313 e. The van der Waals surface area contributed by atoms with Crippen molar-refractivity contribution in [2.45, 2.75) is 35.5 Å². The van der Waals surface area contributed by atoms with Crippen LogP contribution < -0.4 is 11.5 Å². The summed E-state index contributed by atoms with van der Waals surface area (Å²) >= 11 is 0. The third-order valence-corrected chi connectivity index (χ3v) is 9.25. The highest BCUT2D eigenvalue weighted by molar-refractivity contribution is 7.87. The lowest BCUT2D eigenvalue weighted by molar-refractivity contribution is -0.128. The van der Waals surface area contributed by atoms with Crippen LogP contribution >= 0.6 is 0 Å². The molecule has 12 nitrogen and oxygen atoms in total. The molecule has 206 valence electrons. The number of amides is 2. The molecule has 0 aliphatic carbocycles. The van der Waals surface area contributed by atoms with E-state index in [1.54, 1.807) is 24.3 Å². The van der Waals surface area contributed by atoms with Gasteiger partial charge in [0.05, 0.1) is 9.79 Å². The number of benzene rings is 2. The molecule has 38 heavy (non-hydrogen) atoms. The molecule has 2 heterocycles. The highest BCUT2D eigenvalue weighted by Crippen LogP contribution is 2.27. The summed E-state index contributed by atoms with van der Waals surface area (Å²) < 4.78 is 61.1. The maximum atomic E-state index is 12.7. The molecule has 2 aliphatic rings. The van der Waals surface area contributed by atoms with E-state index in [4.69, 9.17) is 20.0 Å². The third-order valence-electron chi connectivity index (χ3n) is 6.74. The number of carbonyl (C=O) groups is 2. The van der Waals surface area contributed by atoms with Gasteiger partial charge >= 0.3 is 20.2 Å². The van der Waals surface area contributed by atoms with E-state index in [-0.39, 0.29) is 47.8 Å². The van der Waals surface area contributed by atoms with Gasteiger partial charge in [-0.3, -0.25) is 9.59 Å². The van der Waals surface area contributed by atoms with Crippen LogP contribution in [0.15, 0.2) is 58.3 Å². The van der Waals surface area contributed by atoms with Gasteiger partial charge in [0.25, 0.3) is 0 Å². The van der Waals surface area contributed by atoms with E-state index in [0.717, 1.165) is 0 Å². The molecule has 2 saturated heterocycles. The molecule has 0 unspecified atom stereocenters. The second-order valence-corrected chi connectivity index (χ2v) is 12.4. The summed E-state index contributed by atoms with van der Waals surface area (Å²) in [4.78, 5) is 22.5. The number of carbonyl (C=O) groups excluding carboxylic acids is 2. The van der Waals surface area contributed by atoms with Gasteiger partial charge in [-0.05, 0) is 61.1 Å². The maximum absolute atomic E-state index is 12.7. The Kier molecular flexibility index (Phi) is 8.49. The van der Waals surface area contributed by atoms with Gasteiger partial charge in [-0.25, -0.2) is 0 Å². The van der Waals surface area contributed by atoms with E-state index >= 15 is 0 Å². The highest BCUT2D eigenvalue weighted by atomic mass is 32.2. The number of hydrogen-bond acceptors (Lipinski definition) is 10. The fourth-order valence-corrected chi connectivity index (χ4v) is 6.39. The Morgan fingerprint density at radius 2 is 0.895 bits per heavy atom. The van der Waals surface area contributed by atoms with E-state index in [1.807, 2.05) is 0 Å². The third kappa shape index (κ3) is 6.76. The Morgan fingerprint density at radius 3 is 1.16 bits per heavy atom. The van der Waals surface area contributed by atoms with Crippen molar-refractivity contribution in [2.75, 3.05) is 26.2 Å². The standard InChI is InChI=1S/C24H30N4O8S2/c25-23(29)19-9-13-27(14-10-19)35-37(31,32)21-5-1-17(2-6-21)18-3-7-22(8-4-18)38(33,34)36-28-15-11-20(12-16-28)24(26)30/h1-8,19-20H,9-16H2,(H2,25,29)(H2,26,30). The first kappa shape index (κ1) is 28.1.